The van der Waals surface area contributed by atoms with Crippen molar-refractivity contribution in [3.05, 3.63) is 59.7 Å². The van der Waals surface area contributed by atoms with Gasteiger partial charge in [0.25, 0.3) is 5.91 Å². The Hall–Kier alpha value is -2.66. The van der Waals surface area contributed by atoms with E-state index >= 15 is 0 Å². The second kappa shape index (κ2) is 8.82. The van der Waals surface area contributed by atoms with Crippen LogP contribution in [0.4, 0.5) is 11.4 Å². The lowest BCUT2D eigenvalue weighted by molar-refractivity contribution is -0.117. The average Bonchev–Trinajstić information content (AvgIpc) is 3.53. The van der Waals surface area contributed by atoms with E-state index in [4.69, 9.17) is 0 Å². The Morgan fingerprint density at radius 2 is 1.44 bits per heavy atom. The Labute approximate surface area is 160 Å². The molecule has 2 aromatic rings. The van der Waals surface area contributed by atoms with Crippen molar-refractivity contribution < 1.29 is 9.59 Å². The van der Waals surface area contributed by atoms with Gasteiger partial charge in [-0.05, 0) is 67.9 Å². The molecule has 0 aliphatic heterocycles. The fourth-order valence-corrected chi connectivity index (χ4v) is 2.90. The van der Waals surface area contributed by atoms with Crippen LogP contribution in [0.15, 0.2) is 48.5 Å². The van der Waals surface area contributed by atoms with Crippen molar-refractivity contribution in [2.75, 3.05) is 23.7 Å². The monoisotopic (exact) mass is 365 g/mol. The third-order valence-electron chi connectivity index (χ3n) is 4.88. The molecule has 2 amide bonds. The molecule has 5 nitrogen and oxygen atoms in total. The minimum Gasteiger partial charge on any atom is -0.326 e. The van der Waals surface area contributed by atoms with Crippen molar-refractivity contribution in [2.45, 2.75) is 33.2 Å². The molecule has 2 N–H and O–H groups in total. The summed E-state index contributed by atoms with van der Waals surface area (Å²) < 4.78 is 0. The smallest absolute Gasteiger partial charge is 0.255 e. The van der Waals surface area contributed by atoms with Crippen LogP contribution >= 0.6 is 0 Å². The molecule has 0 radical (unpaired) electrons. The normalized spacial score (nSPS) is 13.4. The summed E-state index contributed by atoms with van der Waals surface area (Å²) in [6.45, 7) is 7.20. The van der Waals surface area contributed by atoms with Crippen LogP contribution in [-0.4, -0.2) is 29.8 Å². The van der Waals surface area contributed by atoms with E-state index in [0.717, 1.165) is 38.2 Å². The largest absolute Gasteiger partial charge is 0.326 e. The van der Waals surface area contributed by atoms with Crippen molar-refractivity contribution in [2.24, 2.45) is 5.92 Å². The van der Waals surface area contributed by atoms with Crippen molar-refractivity contribution in [1.82, 2.24) is 4.90 Å². The van der Waals surface area contributed by atoms with Crippen LogP contribution in [0.25, 0.3) is 0 Å². The molecule has 0 spiro atoms. The van der Waals surface area contributed by atoms with Crippen molar-refractivity contribution in [1.29, 1.82) is 0 Å². The topological polar surface area (TPSA) is 61.4 Å². The molecule has 0 heterocycles. The van der Waals surface area contributed by atoms with Gasteiger partial charge in [-0.25, -0.2) is 0 Å². The van der Waals surface area contributed by atoms with Gasteiger partial charge in [0.1, 0.15) is 0 Å². The number of hydrogen-bond acceptors (Lipinski definition) is 3. The number of carbonyl (C=O) groups is 2. The fraction of sp³-hybridized carbons (Fsp3) is 0.364. The number of nitrogens with one attached hydrogen (secondary N) is 2. The molecule has 0 unspecified atom stereocenters. The van der Waals surface area contributed by atoms with Crippen LogP contribution < -0.4 is 10.6 Å². The highest BCUT2D eigenvalue weighted by Gasteiger charge is 2.29. The van der Waals surface area contributed by atoms with Gasteiger partial charge in [-0.15, -0.1) is 0 Å². The first-order chi connectivity index (χ1) is 13.1. The molecule has 0 bridgehead atoms. The number of amides is 2. The molecule has 3 rings (SSSR count). The summed E-state index contributed by atoms with van der Waals surface area (Å²) >= 11 is 0. The Kier molecular flexibility index (Phi) is 6.24. The maximum Gasteiger partial charge on any atom is 0.255 e. The molecular formula is C22H27N3O2. The quantitative estimate of drug-likeness (QED) is 0.739. The maximum atomic E-state index is 12.4. The molecule has 27 heavy (non-hydrogen) atoms. The van der Waals surface area contributed by atoms with Crippen LogP contribution in [0.2, 0.25) is 0 Å². The first kappa shape index (κ1) is 19.1. The van der Waals surface area contributed by atoms with Crippen LogP contribution in [-0.2, 0) is 11.3 Å². The summed E-state index contributed by atoms with van der Waals surface area (Å²) in [4.78, 5) is 26.5. The highest BCUT2D eigenvalue weighted by molar-refractivity contribution is 6.04. The van der Waals surface area contributed by atoms with Crippen LogP contribution in [0.1, 0.15) is 42.6 Å². The van der Waals surface area contributed by atoms with E-state index in [1.807, 2.05) is 36.4 Å². The van der Waals surface area contributed by atoms with Gasteiger partial charge in [0, 0.05) is 29.4 Å². The Balaban J connectivity index is 1.55. The standard InChI is InChI=1S/C22H27N3O2/c1-3-25(4-2)15-16-5-7-17(8-6-16)21(26)23-19-11-13-20(14-12-19)24-22(27)18-9-10-18/h5-8,11-14,18H,3-4,9-10,15H2,1-2H3,(H,23,26)(H,24,27). The van der Waals surface area contributed by atoms with Crippen LogP contribution in [0.3, 0.4) is 0 Å². The summed E-state index contributed by atoms with van der Waals surface area (Å²) in [5, 5.41) is 5.79. The van der Waals surface area contributed by atoms with E-state index in [0.29, 0.717) is 11.3 Å². The molecule has 1 aliphatic rings. The molecule has 0 saturated heterocycles. The van der Waals surface area contributed by atoms with E-state index in [1.54, 1.807) is 12.1 Å². The van der Waals surface area contributed by atoms with E-state index in [9.17, 15) is 9.59 Å². The fourth-order valence-electron chi connectivity index (χ4n) is 2.90. The number of hydrogen-bond donors (Lipinski definition) is 2. The number of rotatable bonds is 8. The molecule has 0 aromatic heterocycles. The van der Waals surface area contributed by atoms with Gasteiger partial charge in [-0.3, -0.25) is 14.5 Å². The van der Waals surface area contributed by atoms with Gasteiger partial charge in [0.05, 0.1) is 0 Å². The second-order valence-electron chi connectivity index (χ2n) is 6.95. The lowest BCUT2D eigenvalue weighted by atomic mass is 10.1. The van der Waals surface area contributed by atoms with Crippen molar-refractivity contribution in [3.8, 4) is 0 Å². The van der Waals surface area contributed by atoms with Gasteiger partial charge >= 0.3 is 0 Å². The first-order valence-electron chi connectivity index (χ1n) is 9.62. The van der Waals surface area contributed by atoms with Gasteiger partial charge in [-0.1, -0.05) is 26.0 Å². The lowest BCUT2D eigenvalue weighted by Gasteiger charge is -2.18. The molecular weight excluding hydrogens is 338 g/mol. The van der Waals surface area contributed by atoms with Gasteiger partial charge < -0.3 is 10.6 Å². The van der Waals surface area contributed by atoms with Crippen molar-refractivity contribution >= 4 is 23.2 Å². The average molecular weight is 365 g/mol. The molecule has 1 fully saturated rings. The summed E-state index contributed by atoms with van der Waals surface area (Å²) in [6, 6.07) is 14.9. The lowest BCUT2D eigenvalue weighted by Crippen LogP contribution is -2.22. The Morgan fingerprint density at radius 3 is 1.96 bits per heavy atom. The minimum atomic E-state index is -0.140. The first-order valence-corrected chi connectivity index (χ1v) is 9.62. The van der Waals surface area contributed by atoms with E-state index < -0.39 is 0 Å². The van der Waals surface area contributed by atoms with E-state index in [-0.39, 0.29) is 17.7 Å². The molecule has 5 heteroatoms. The molecule has 0 atom stereocenters. The highest BCUT2D eigenvalue weighted by atomic mass is 16.2. The maximum absolute atomic E-state index is 12.4. The molecule has 1 aliphatic carbocycles. The minimum absolute atomic E-state index is 0.0802. The molecule has 1 saturated carbocycles. The summed E-state index contributed by atoms with van der Waals surface area (Å²) in [6.07, 6.45) is 1.96. The highest BCUT2D eigenvalue weighted by Crippen LogP contribution is 2.30. The van der Waals surface area contributed by atoms with E-state index in [2.05, 4.69) is 29.4 Å². The van der Waals surface area contributed by atoms with Gasteiger partial charge in [0.15, 0.2) is 0 Å². The predicted octanol–water partition coefficient (Wildman–Crippen LogP) is 4.13. The number of anilines is 2. The summed E-state index contributed by atoms with van der Waals surface area (Å²) in [5.41, 5.74) is 3.29. The molecule has 2 aromatic carbocycles. The van der Waals surface area contributed by atoms with Crippen molar-refractivity contribution in [3.63, 3.8) is 0 Å². The Morgan fingerprint density at radius 1 is 0.889 bits per heavy atom. The zero-order chi connectivity index (χ0) is 19.2. The van der Waals surface area contributed by atoms with Crippen LogP contribution in [0.5, 0.6) is 0 Å². The third kappa shape index (κ3) is 5.41. The number of nitrogens with zero attached hydrogens (tertiary/aromatic N) is 1. The molecule has 142 valence electrons. The summed E-state index contributed by atoms with van der Waals surface area (Å²) in [7, 11) is 0. The number of carbonyl (C=O) groups excluding carboxylic acids is 2. The predicted molar refractivity (Wildman–Crippen MR) is 109 cm³/mol. The van der Waals surface area contributed by atoms with Gasteiger partial charge in [0.2, 0.25) is 5.91 Å². The number of benzene rings is 2. The van der Waals surface area contributed by atoms with Gasteiger partial charge in [-0.2, -0.15) is 0 Å². The van der Waals surface area contributed by atoms with E-state index in [1.165, 1.54) is 5.56 Å². The Bertz CT molecular complexity index is 776. The second-order valence-corrected chi connectivity index (χ2v) is 6.95. The zero-order valence-electron chi connectivity index (χ0n) is 16.0. The summed E-state index contributed by atoms with van der Waals surface area (Å²) in [5.74, 6) is 0.116. The zero-order valence-corrected chi connectivity index (χ0v) is 16.0. The third-order valence-corrected chi connectivity index (χ3v) is 4.88. The van der Waals surface area contributed by atoms with Crippen LogP contribution in [0, 0.1) is 5.92 Å². The SMILES string of the molecule is CCN(CC)Cc1ccc(C(=O)Nc2ccc(NC(=O)C3CC3)cc2)cc1.